The SMILES string of the molecule is COc1ccccc1C(C(C)N)N(CC(C)C)C(C)C. The Morgan fingerprint density at radius 3 is 2.15 bits per heavy atom. The summed E-state index contributed by atoms with van der Waals surface area (Å²) in [6.07, 6.45) is 0. The molecule has 0 spiro atoms. The largest absolute Gasteiger partial charge is 0.496 e. The normalized spacial score (nSPS) is 14.9. The van der Waals surface area contributed by atoms with Gasteiger partial charge in [-0.05, 0) is 32.8 Å². The average molecular weight is 278 g/mol. The molecule has 0 bridgehead atoms. The topological polar surface area (TPSA) is 38.5 Å². The molecule has 0 saturated carbocycles. The van der Waals surface area contributed by atoms with E-state index in [1.54, 1.807) is 7.11 Å². The number of nitrogens with zero attached hydrogens (tertiary/aromatic N) is 1. The van der Waals surface area contributed by atoms with Gasteiger partial charge in [-0.1, -0.05) is 32.0 Å². The van der Waals surface area contributed by atoms with Crippen molar-refractivity contribution in [3.63, 3.8) is 0 Å². The molecule has 0 radical (unpaired) electrons. The summed E-state index contributed by atoms with van der Waals surface area (Å²) in [6.45, 7) is 12.1. The number of hydrogen-bond donors (Lipinski definition) is 1. The zero-order valence-corrected chi connectivity index (χ0v) is 13.8. The molecule has 2 N–H and O–H groups in total. The maximum absolute atomic E-state index is 6.31. The van der Waals surface area contributed by atoms with Crippen molar-refractivity contribution in [2.75, 3.05) is 13.7 Å². The van der Waals surface area contributed by atoms with Gasteiger partial charge in [0.25, 0.3) is 0 Å². The van der Waals surface area contributed by atoms with Gasteiger partial charge in [-0.3, -0.25) is 4.90 Å². The second-order valence-corrected chi connectivity index (χ2v) is 6.23. The Morgan fingerprint density at radius 2 is 1.70 bits per heavy atom. The lowest BCUT2D eigenvalue weighted by Crippen LogP contribution is -2.45. The minimum absolute atomic E-state index is 0.0486. The number of rotatable bonds is 7. The Morgan fingerprint density at radius 1 is 1.10 bits per heavy atom. The van der Waals surface area contributed by atoms with Crippen molar-refractivity contribution in [1.29, 1.82) is 0 Å². The molecular weight excluding hydrogens is 248 g/mol. The van der Waals surface area contributed by atoms with Crippen LogP contribution in [0.25, 0.3) is 0 Å². The molecule has 20 heavy (non-hydrogen) atoms. The van der Waals surface area contributed by atoms with E-state index in [-0.39, 0.29) is 12.1 Å². The predicted molar refractivity (Wildman–Crippen MR) is 86.1 cm³/mol. The molecule has 3 heteroatoms. The van der Waals surface area contributed by atoms with E-state index in [9.17, 15) is 0 Å². The Bertz CT molecular complexity index is 402. The molecule has 1 rings (SSSR count). The van der Waals surface area contributed by atoms with E-state index >= 15 is 0 Å². The summed E-state index contributed by atoms with van der Waals surface area (Å²) in [4.78, 5) is 2.48. The Balaban J connectivity index is 3.20. The number of nitrogens with two attached hydrogens (primary N) is 1. The number of ether oxygens (including phenoxy) is 1. The number of methoxy groups -OCH3 is 1. The summed E-state index contributed by atoms with van der Waals surface area (Å²) in [6, 6.07) is 8.87. The maximum Gasteiger partial charge on any atom is 0.123 e. The molecule has 114 valence electrons. The summed E-state index contributed by atoms with van der Waals surface area (Å²) in [7, 11) is 1.72. The van der Waals surface area contributed by atoms with Crippen LogP contribution in [0.2, 0.25) is 0 Å². The van der Waals surface area contributed by atoms with E-state index in [2.05, 4.69) is 51.7 Å². The minimum atomic E-state index is 0.0486. The van der Waals surface area contributed by atoms with E-state index in [1.165, 1.54) is 5.56 Å². The van der Waals surface area contributed by atoms with E-state index in [4.69, 9.17) is 10.5 Å². The first-order chi connectivity index (χ1) is 9.38. The van der Waals surface area contributed by atoms with Crippen molar-refractivity contribution in [2.24, 2.45) is 11.7 Å². The van der Waals surface area contributed by atoms with Crippen LogP contribution in [0.5, 0.6) is 5.75 Å². The Labute approximate surface area is 124 Å². The standard InChI is InChI=1S/C17H30N2O/c1-12(2)11-19(13(3)4)17(14(5)18)15-9-7-8-10-16(15)20-6/h7-10,12-14,17H,11,18H2,1-6H3. The van der Waals surface area contributed by atoms with Crippen LogP contribution < -0.4 is 10.5 Å². The predicted octanol–water partition coefficient (Wildman–Crippen LogP) is 3.45. The molecule has 1 aromatic rings. The van der Waals surface area contributed by atoms with Crippen molar-refractivity contribution < 1.29 is 4.74 Å². The number of para-hydroxylation sites is 1. The third-order valence-electron chi connectivity index (χ3n) is 3.55. The molecule has 1 aromatic carbocycles. The highest BCUT2D eigenvalue weighted by Crippen LogP contribution is 2.32. The van der Waals surface area contributed by atoms with E-state index in [0.29, 0.717) is 12.0 Å². The molecule has 2 unspecified atom stereocenters. The Hall–Kier alpha value is -1.06. The first-order valence-corrected chi connectivity index (χ1v) is 7.52. The Kier molecular flexibility index (Phi) is 6.50. The molecule has 0 amide bonds. The fourth-order valence-electron chi connectivity index (χ4n) is 2.74. The lowest BCUT2D eigenvalue weighted by atomic mass is 9.95. The highest BCUT2D eigenvalue weighted by Gasteiger charge is 2.28. The van der Waals surface area contributed by atoms with Gasteiger partial charge in [0.1, 0.15) is 5.75 Å². The van der Waals surface area contributed by atoms with Gasteiger partial charge in [0, 0.05) is 24.2 Å². The van der Waals surface area contributed by atoms with Crippen molar-refractivity contribution >= 4 is 0 Å². The third kappa shape index (κ3) is 4.22. The van der Waals surface area contributed by atoms with Gasteiger partial charge in [-0.2, -0.15) is 0 Å². The molecule has 0 aromatic heterocycles. The van der Waals surface area contributed by atoms with Crippen molar-refractivity contribution in [1.82, 2.24) is 4.90 Å². The molecule has 0 aliphatic carbocycles. The van der Waals surface area contributed by atoms with Crippen LogP contribution >= 0.6 is 0 Å². The third-order valence-corrected chi connectivity index (χ3v) is 3.55. The van der Waals surface area contributed by atoms with Crippen LogP contribution in [0.1, 0.15) is 46.2 Å². The summed E-state index contributed by atoms with van der Waals surface area (Å²) < 4.78 is 5.53. The van der Waals surface area contributed by atoms with Gasteiger partial charge in [-0.15, -0.1) is 0 Å². The molecule has 0 heterocycles. The van der Waals surface area contributed by atoms with Gasteiger partial charge in [0.05, 0.1) is 13.2 Å². The van der Waals surface area contributed by atoms with Crippen LogP contribution in [-0.4, -0.2) is 30.6 Å². The van der Waals surface area contributed by atoms with Crippen molar-refractivity contribution in [3.05, 3.63) is 29.8 Å². The molecule has 0 aliphatic rings. The van der Waals surface area contributed by atoms with Gasteiger partial charge in [0.2, 0.25) is 0 Å². The fraction of sp³-hybridized carbons (Fsp3) is 0.647. The summed E-state index contributed by atoms with van der Waals surface area (Å²) in [5.74, 6) is 1.53. The first kappa shape index (κ1) is 17.0. The van der Waals surface area contributed by atoms with E-state index < -0.39 is 0 Å². The van der Waals surface area contributed by atoms with Crippen molar-refractivity contribution in [3.8, 4) is 5.75 Å². The van der Waals surface area contributed by atoms with Crippen LogP contribution in [-0.2, 0) is 0 Å². The quantitative estimate of drug-likeness (QED) is 0.830. The fourth-order valence-corrected chi connectivity index (χ4v) is 2.74. The highest BCUT2D eigenvalue weighted by molar-refractivity contribution is 5.36. The molecule has 3 nitrogen and oxygen atoms in total. The van der Waals surface area contributed by atoms with Crippen molar-refractivity contribution in [2.45, 2.75) is 52.7 Å². The maximum atomic E-state index is 6.31. The average Bonchev–Trinajstić information content (AvgIpc) is 2.37. The molecule has 0 fully saturated rings. The van der Waals surface area contributed by atoms with Gasteiger partial charge in [0.15, 0.2) is 0 Å². The van der Waals surface area contributed by atoms with Gasteiger partial charge >= 0.3 is 0 Å². The van der Waals surface area contributed by atoms with E-state index in [0.717, 1.165) is 12.3 Å². The molecule has 0 aliphatic heterocycles. The second kappa shape index (κ2) is 7.65. The minimum Gasteiger partial charge on any atom is -0.496 e. The molecule has 0 saturated heterocycles. The first-order valence-electron chi connectivity index (χ1n) is 7.52. The van der Waals surface area contributed by atoms with Gasteiger partial charge < -0.3 is 10.5 Å². The monoisotopic (exact) mass is 278 g/mol. The van der Waals surface area contributed by atoms with Crippen LogP contribution in [0, 0.1) is 5.92 Å². The summed E-state index contributed by atoms with van der Waals surface area (Å²) in [5, 5.41) is 0. The molecule has 2 atom stereocenters. The number of hydrogen-bond acceptors (Lipinski definition) is 3. The van der Waals surface area contributed by atoms with Crippen LogP contribution in [0.4, 0.5) is 0 Å². The summed E-state index contributed by atoms with van der Waals surface area (Å²) >= 11 is 0. The smallest absolute Gasteiger partial charge is 0.123 e. The zero-order valence-electron chi connectivity index (χ0n) is 13.8. The van der Waals surface area contributed by atoms with E-state index in [1.807, 2.05) is 12.1 Å². The highest BCUT2D eigenvalue weighted by atomic mass is 16.5. The van der Waals surface area contributed by atoms with Crippen LogP contribution in [0.3, 0.4) is 0 Å². The van der Waals surface area contributed by atoms with Crippen LogP contribution in [0.15, 0.2) is 24.3 Å². The zero-order chi connectivity index (χ0) is 15.3. The lowest BCUT2D eigenvalue weighted by molar-refractivity contribution is 0.117. The summed E-state index contributed by atoms with van der Waals surface area (Å²) in [5.41, 5.74) is 7.49. The van der Waals surface area contributed by atoms with Gasteiger partial charge in [-0.25, -0.2) is 0 Å². The molecular formula is C17H30N2O. The number of benzene rings is 1. The second-order valence-electron chi connectivity index (χ2n) is 6.23. The lowest BCUT2D eigenvalue weighted by Gasteiger charge is -2.39.